The zero-order chi connectivity index (χ0) is 21.2. The molecule has 0 radical (unpaired) electrons. The van der Waals surface area contributed by atoms with E-state index in [1.165, 1.54) is 12.1 Å². The van der Waals surface area contributed by atoms with E-state index in [0.717, 1.165) is 5.56 Å². The second-order valence-corrected chi connectivity index (χ2v) is 8.51. The van der Waals surface area contributed by atoms with Crippen LogP contribution < -0.4 is 4.72 Å². The molecule has 0 unspecified atom stereocenters. The first-order valence-corrected chi connectivity index (χ1v) is 10.4. The molecular formula is C21H22N2O5S. The Morgan fingerprint density at radius 2 is 1.86 bits per heavy atom. The van der Waals surface area contributed by atoms with Crippen LogP contribution in [0.5, 0.6) is 0 Å². The number of aryl methyl sites for hydroxylation is 4. The highest BCUT2D eigenvalue weighted by Gasteiger charge is 2.20. The molecule has 0 aliphatic heterocycles. The second-order valence-electron chi connectivity index (χ2n) is 6.83. The summed E-state index contributed by atoms with van der Waals surface area (Å²) in [5, 5.41) is 3.82. The average molecular weight is 414 g/mol. The lowest BCUT2D eigenvalue weighted by molar-refractivity contribution is 0.0469. The standard InChI is InChI=1S/C21H22N2O5S/c1-13-6-5-7-17(10-13)23-29(25,26)18-9-8-14(2)19(11-18)21(24)27-12-20-15(3)22-28-16(20)4/h5-11,23H,12H2,1-4H3. The van der Waals surface area contributed by atoms with Crippen molar-refractivity contribution in [3.05, 3.63) is 76.2 Å². The van der Waals surface area contributed by atoms with Gasteiger partial charge in [-0.25, -0.2) is 13.2 Å². The molecule has 152 valence electrons. The quantitative estimate of drug-likeness (QED) is 0.611. The van der Waals surface area contributed by atoms with Crippen LogP contribution >= 0.6 is 0 Å². The van der Waals surface area contributed by atoms with Gasteiger partial charge in [-0.15, -0.1) is 0 Å². The van der Waals surface area contributed by atoms with Gasteiger partial charge < -0.3 is 9.26 Å². The van der Waals surface area contributed by atoms with Crippen molar-refractivity contribution in [2.45, 2.75) is 39.2 Å². The predicted octanol–water partition coefficient (Wildman–Crippen LogP) is 4.07. The molecule has 0 saturated heterocycles. The fraction of sp³-hybridized carbons (Fsp3) is 0.238. The van der Waals surface area contributed by atoms with Crippen molar-refractivity contribution >= 4 is 21.7 Å². The molecule has 0 aliphatic rings. The fourth-order valence-electron chi connectivity index (χ4n) is 2.83. The van der Waals surface area contributed by atoms with E-state index in [0.29, 0.717) is 28.3 Å². The van der Waals surface area contributed by atoms with Crippen molar-refractivity contribution in [3.63, 3.8) is 0 Å². The first kappa shape index (κ1) is 20.6. The Hall–Kier alpha value is -3.13. The van der Waals surface area contributed by atoms with Crippen LogP contribution in [0.2, 0.25) is 0 Å². The molecule has 3 rings (SSSR count). The first-order chi connectivity index (χ1) is 13.7. The molecule has 0 saturated carbocycles. The molecule has 0 aliphatic carbocycles. The minimum atomic E-state index is -3.86. The van der Waals surface area contributed by atoms with Crippen LogP contribution in [0, 0.1) is 27.7 Å². The maximum atomic E-state index is 12.7. The summed E-state index contributed by atoms with van der Waals surface area (Å²) in [6.07, 6.45) is 0. The Labute approximate surface area is 169 Å². The molecule has 1 aromatic heterocycles. The summed E-state index contributed by atoms with van der Waals surface area (Å²) >= 11 is 0. The number of carbonyl (C=O) groups is 1. The van der Waals surface area contributed by atoms with E-state index in [4.69, 9.17) is 9.26 Å². The summed E-state index contributed by atoms with van der Waals surface area (Å²) in [6, 6.07) is 11.4. The van der Waals surface area contributed by atoms with E-state index in [9.17, 15) is 13.2 Å². The summed E-state index contributed by atoms with van der Waals surface area (Å²) in [7, 11) is -3.86. The van der Waals surface area contributed by atoms with Gasteiger partial charge in [0, 0.05) is 5.69 Å². The van der Waals surface area contributed by atoms with Crippen LogP contribution in [0.25, 0.3) is 0 Å². The molecule has 0 fully saturated rings. The average Bonchev–Trinajstić information content (AvgIpc) is 2.97. The number of ether oxygens (including phenoxy) is 1. The second kappa shape index (κ2) is 8.08. The van der Waals surface area contributed by atoms with Gasteiger partial charge in [-0.3, -0.25) is 4.72 Å². The molecule has 0 bridgehead atoms. The van der Waals surface area contributed by atoms with Gasteiger partial charge in [-0.05, 0) is 63.1 Å². The minimum Gasteiger partial charge on any atom is -0.457 e. The maximum Gasteiger partial charge on any atom is 0.338 e. The third-order valence-electron chi connectivity index (χ3n) is 4.54. The largest absolute Gasteiger partial charge is 0.457 e. The van der Waals surface area contributed by atoms with Crippen molar-refractivity contribution in [1.82, 2.24) is 5.16 Å². The topological polar surface area (TPSA) is 98.5 Å². The number of hydrogen-bond acceptors (Lipinski definition) is 6. The van der Waals surface area contributed by atoms with Crippen LogP contribution in [0.1, 0.15) is 38.5 Å². The first-order valence-electron chi connectivity index (χ1n) is 8.96. The van der Waals surface area contributed by atoms with E-state index < -0.39 is 16.0 Å². The highest BCUT2D eigenvalue weighted by Crippen LogP contribution is 2.21. The van der Waals surface area contributed by atoms with E-state index >= 15 is 0 Å². The molecule has 2 aromatic carbocycles. The lowest BCUT2D eigenvalue weighted by atomic mass is 10.1. The molecule has 1 N–H and O–H groups in total. The minimum absolute atomic E-state index is 0.00202. The number of anilines is 1. The number of nitrogens with one attached hydrogen (secondary N) is 1. The van der Waals surface area contributed by atoms with Crippen molar-refractivity contribution in [2.24, 2.45) is 0 Å². The molecular weight excluding hydrogens is 392 g/mol. The van der Waals surface area contributed by atoms with E-state index in [-0.39, 0.29) is 17.1 Å². The van der Waals surface area contributed by atoms with Gasteiger partial charge in [-0.1, -0.05) is 23.4 Å². The van der Waals surface area contributed by atoms with Crippen LogP contribution in [0.3, 0.4) is 0 Å². The molecule has 29 heavy (non-hydrogen) atoms. The number of aromatic nitrogens is 1. The Morgan fingerprint density at radius 1 is 1.10 bits per heavy atom. The molecule has 8 heteroatoms. The van der Waals surface area contributed by atoms with Gasteiger partial charge in [-0.2, -0.15) is 0 Å². The lowest BCUT2D eigenvalue weighted by Crippen LogP contribution is -2.15. The van der Waals surface area contributed by atoms with E-state index in [1.54, 1.807) is 45.0 Å². The molecule has 0 spiro atoms. The predicted molar refractivity (Wildman–Crippen MR) is 108 cm³/mol. The van der Waals surface area contributed by atoms with Crippen LogP contribution in [0.4, 0.5) is 5.69 Å². The van der Waals surface area contributed by atoms with E-state index in [2.05, 4.69) is 9.88 Å². The number of esters is 1. The highest BCUT2D eigenvalue weighted by molar-refractivity contribution is 7.92. The van der Waals surface area contributed by atoms with Gasteiger partial charge >= 0.3 is 5.97 Å². The van der Waals surface area contributed by atoms with Gasteiger partial charge in [0.2, 0.25) is 0 Å². The van der Waals surface area contributed by atoms with Gasteiger partial charge in [0.1, 0.15) is 12.4 Å². The van der Waals surface area contributed by atoms with Crippen LogP contribution in [0.15, 0.2) is 51.9 Å². The smallest absolute Gasteiger partial charge is 0.338 e. The molecule has 0 atom stereocenters. The zero-order valence-corrected chi connectivity index (χ0v) is 17.5. The van der Waals surface area contributed by atoms with Gasteiger partial charge in [0.05, 0.1) is 21.7 Å². The molecule has 1 heterocycles. The van der Waals surface area contributed by atoms with Crippen LogP contribution in [-0.2, 0) is 21.4 Å². The van der Waals surface area contributed by atoms with Crippen molar-refractivity contribution in [2.75, 3.05) is 4.72 Å². The summed E-state index contributed by atoms with van der Waals surface area (Å²) < 4.78 is 38.4. The summed E-state index contributed by atoms with van der Waals surface area (Å²) in [5.41, 5.74) is 3.52. The SMILES string of the molecule is Cc1cccc(NS(=O)(=O)c2ccc(C)c(C(=O)OCc3c(C)noc3C)c2)c1. The van der Waals surface area contributed by atoms with Gasteiger partial charge in [0.15, 0.2) is 0 Å². The molecule has 3 aromatic rings. The third-order valence-corrected chi connectivity index (χ3v) is 5.92. The summed E-state index contributed by atoms with van der Waals surface area (Å²) in [5.74, 6) is -0.0409. The highest BCUT2D eigenvalue weighted by atomic mass is 32.2. The Bertz CT molecular complexity index is 1150. The lowest BCUT2D eigenvalue weighted by Gasteiger charge is -2.12. The number of sulfonamides is 1. The van der Waals surface area contributed by atoms with Gasteiger partial charge in [0.25, 0.3) is 10.0 Å². The Balaban J connectivity index is 1.82. The Kier molecular flexibility index (Phi) is 5.74. The fourth-order valence-corrected chi connectivity index (χ4v) is 3.91. The molecule has 7 nitrogen and oxygen atoms in total. The summed E-state index contributed by atoms with van der Waals surface area (Å²) in [4.78, 5) is 12.6. The number of hydrogen-bond donors (Lipinski definition) is 1. The maximum absolute atomic E-state index is 12.7. The number of rotatable bonds is 6. The Morgan fingerprint density at radius 3 is 2.52 bits per heavy atom. The van der Waals surface area contributed by atoms with Crippen molar-refractivity contribution in [3.8, 4) is 0 Å². The number of carbonyl (C=O) groups excluding carboxylic acids is 1. The van der Waals surface area contributed by atoms with E-state index in [1.807, 2.05) is 13.0 Å². The zero-order valence-electron chi connectivity index (χ0n) is 16.6. The third kappa shape index (κ3) is 4.65. The normalized spacial score (nSPS) is 11.3. The monoisotopic (exact) mass is 414 g/mol. The number of nitrogens with zero attached hydrogens (tertiary/aromatic N) is 1. The van der Waals surface area contributed by atoms with Crippen molar-refractivity contribution in [1.29, 1.82) is 0 Å². The molecule has 0 amide bonds. The van der Waals surface area contributed by atoms with Crippen molar-refractivity contribution < 1.29 is 22.5 Å². The van der Waals surface area contributed by atoms with Crippen LogP contribution in [-0.4, -0.2) is 19.5 Å². The summed E-state index contributed by atoms with van der Waals surface area (Å²) in [6.45, 7) is 7.08. The number of benzene rings is 2.